The Morgan fingerprint density at radius 3 is 3.00 bits per heavy atom. The summed E-state index contributed by atoms with van der Waals surface area (Å²) in [5.74, 6) is 0.777. The number of benzene rings is 1. The van der Waals surface area contributed by atoms with E-state index in [2.05, 4.69) is 20.2 Å². The average molecular weight is 330 g/mol. The van der Waals surface area contributed by atoms with Crippen LogP contribution in [0.25, 0.3) is 22.6 Å². The van der Waals surface area contributed by atoms with Gasteiger partial charge in [-0.3, -0.25) is 9.89 Å². The first kappa shape index (κ1) is 14.3. The average Bonchev–Trinajstić information content (AvgIpc) is 3.10. The molecule has 0 radical (unpaired) electrons. The Kier molecular flexibility index (Phi) is 3.16. The van der Waals surface area contributed by atoms with E-state index >= 15 is 0 Å². The van der Waals surface area contributed by atoms with Gasteiger partial charge in [0, 0.05) is 42.7 Å². The second kappa shape index (κ2) is 5.09. The number of rotatable bonds is 1. The monoisotopic (exact) mass is 329 g/mol. The van der Waals surface area contributed by atoms with Crippen LogP contribution in [0.2, 0.25) is 5.02 Å². The molecule has 0 unspecified atom stereocenters. The molecule has 0 fully saturated rings. The fourth-order valence-corrected chi connectivity index (χ4v) is 3.17. The highest BCUT2D eigenvalue weighted by atomic mass is 35.5. The Morgan fingerprint density at radius 2 is 2.22 bits per heavy atom. The first-order valence-electron chi connectivity index (χ1n) is 7.51. The summed E-state index contributed by atoms with van der Waals surface area (Å²) in [6, 6.07) is 3.84. The van der Waals surface area contributed by atoms with Crippen LogP contribution in [-0.2, 0) is 17.8 Å². The maximum absolute atomic E-state index is 11.7. The number of hydrogen-bond acceptors (Lipinski definition) is 3. The van der Waals surface area contributed by atoms with Crippen molar-refractivity contribution >= 4 is 28.5 Å². The Balaban J connectivity index is 1.80. The predicted molar refractivity (Wildman–Crippen MR) is 88.2 cm³/mol. The van der Waals surface area contributed by atoms with Crippen LogP contribution in [0.15, 0.2) is 12.1 Å². The molecule has 2 N–H and O–H groups in total. The minimum atomic E-state index is 0.0785. The first-order chi connectivity index (χ1) is 11.0. The second-order valence-electron chi connectivity index (χ2n) is 5.92. The molecule has 0 atom stereocenters. The molecule has 23 heavy (non-hydrogen) atoms. The number of halogens is 1. The number of imidazole rings is 1. The summed E-state index contributed by atoms with van der Waals surface area (Å²) in [7, 11) is 0. The normalized spacial score (nSPS) is 14.3. The van der Waals surface area contributed by atoms with Crippen molar-refractivity contribution < 1.29 is 4.79 Å². The molecule has 0 bridgehead atoms. The van der Waals surface area contributed by atoms with Gasteiger partial charge in [0.05, 0.1) is 11.0 Å². The summed E-state index contributed by atoms with van der Waals surface area (Å²) in [4.78, 5) is 21.4. The fourth-order valence-electron chi connectivity index (χ4n) is 3.01. The number of nitrogens with zero attached hydrogens (tertiary/aromatic N) is 3. The number of aryl methyl sites for hydroxylation is 1. The van der Waals surface area contributed by atoms with Crippen LogP contribution in [0.4, 0.5) is 0 Å². The molecule has 0 saturated heterocycles. The largest absolute Gasteiger partial charge is 0.338 e. The molecule has 7 heteroatoms. The van der Waals surface area contributed by atoms with Crippen LogP contribution < -0.4 is 0 Å². The third-order valence-corrected chi connectivity index (χ3v) is 4.77. The van der Waals surface area contributed by atoms with Crippen LogP contribution in [0.1, 0.15) is 23.7 Å². The maximum Gasteiger partial charge on any atom is 0.219 e. The molecule has 3 aromatic rings. The molecule has 1 aliphatic rings. The second-order valence-corrected chi connectivity index (χ2v) is 6.33. The van der Waals surface area contributed by atoms with Gasteiger partial charge in [0.15, 0.2) is 5.82 Å². The van der Waals surface area contributed by atoms with Gasteiger partial charge < -0.3 is 9.88 Å². The maximum atomic E-state index is 11.7. The van der Waals surface area contributed by atoms with Crippen molar-refractivity contribution in [3.8, 4) is 11.5 Å². The van der Waals surface area contributed by atoms with Crippen molar-refractivity contribution in [2.45, 2.75) is 26.8 Å². The molecule has 4 rings (SSSR count). The lowest BCUT2D eigenvalue weighted by molar-refractivity contribution is -0.129. The third kappa shape index (κ3) is 2.30. The van der Waals surface area contributed by atoms with E-state index in [1.54, 1.807) is 6.92 Å². The number of nitrogens with one attached hydrogen (secondary N) is 2. The smallest absolute Gasteiger partial charge is 0.219 e. The van der Waals surface area contributed by atoms with Gasteiger partial charge >= 0.3 is 0 Å². The van der Waals surface area contributed by atoms with Gasteiger partial charge in [-0.15, -0.1) is 0 Å². The Morgan fingerprint density at radius 1 is 1.39 bits per heavy atom. The zero-order valence-corrected chi connectivity index (χ0v) is 13.7. The Bertz CT molecular complexity index is 887. The summed E-state index contributed by atoms with van der Waals surface area (Å²) in [6.45, 7) is 4.84. The number of aromatic nitrogens is 4. The van der Waals surface area contributed by atoms with Crippen molar-refractivity contribution in [2.24, 2.45) is 0 Å². The lowest BCUT2D eigenvalue weighted by Crippen LogP contribution is -2.34. The lowest BCUT2D eigenvalue weighted by Gasteiger charge is -2.25. The number of H-pyrrole nitrogens is 2. The molecule has 1 aliphatic heterocycles. The molecule has 0 aliphatic carbocycles. The quantitative estimate of drug-likeness (QED) is 0.720. The number of carbonyl (C=O) groups is 1. The van der Waals surface area contributed by atoms with Gasteiger partial charge in [0.2, 0.25) is 5.91 Å². The summed E-state index contributed by atoms with van der Waals surface area (Å²) in [5, 5.41) is 8.19. The summed E-state index contributed by atoms with van der Waals surface area (Å²) in [6.07, 6.45) is 0.785. The predicted octanol–water partition coefficient (Wildman–Crippen LogP) is 2.82. The van der Waals surface area contributed by atoms with Crippen molar-refractivity contribution in [2.75, 3.05) is 6.54 Å². The first-order valence-corrected chi connectivity index (χ1v) is 7.88. The third-order valence-electron chi connectivity index (χ3n) is 4.37. The van der Waals surface area contributed by atoms with Gasteiger partial charge in [0.1, 0.15) is 5.69 Å². The zero-order chi connectivity index (χ0) is 16.1. The van der Waals surface area contributed by atoms with E-state index in [-0.39, 0.29) is 5.91 Å². The zero-order valence-electron chi connectivity index (χ0n) is 12.9. The number of aromatic amines is 2. The van der Waals surface area contributed by atoms with Crippen LogP contribution >= 0.6 is 11.6 Å². The van der Waals surface area contributed by atoms with Crippen molar-refractivity contribution in [3.63, 3.8) is 0 Å². The van der Waals surface area contributed by atoms with Crippen LogP contribution in [0, 0.1) is 6.92 Å². The van der Waals surface area contributed by atoms with Crippen molar-refractivity contribution in [3.05, 3.63) is 34.0 Å². The SMILES string of the molecule is CC(=O)N1CCc2[nH]nc(-c3nc4cc(Cl)c(C)cc4[nH]3)c2C1. The molecule has 0 spiro atoms. The van der Waals surface area contributed by atoms with E-state index in [1.165, 1.54) is 0 Å². The lowest BCUT2D eigenvalue weighted by atomic mass is 10.1. The van der Waals surface area contributed by atoms with Crippen LogP contribution in [0.3, 0.4) is 0 Å². The van der Waals surface area contributed by atoms with Gasteiger partial charge in [0.25, 0.3) is 0 Å². The molecular weight excluding hydrogens is 314 g/mol. The van der Waals surface area contributed by atoms with Gasteiger partial charge in [-0.05, 0) is 24.6 Å². The van der Waals surface area contributed by atoms with Crippen molar-refractivity contribution in [1.29, 1.82) is 0 Å². The summed E-state index contributed by atoms with van der Waals surface area (Å²) < 4.78 is 0. The van der Waals surface area contributed by atoms with Gasteiger partial charge in [-0.2, -0.15) is 5.10 Å². The standard InChI is InChI=1S/C16H16ClN5O/c1-8-5-13-14(6-11(8)17)19-16(18-13)15-10-7-22(9(2)23)4-3-12(10)20-21-15/h5-6H,3-4,7H2,1-2H3,(H,18,19)(H,20,21). The minimum absolute atomic E-state index is 0.0785. The van der Waals surface area contributed by atoms with E-state index < -0.39 is 0 Å². The number of hydrogen-bond donors (Lipinski definition) is 2. The van der Waals surface area contributed by atoms with E-state index in [9.17, 15) is 4.79 Å². The fraction of sp³-hybridized carbons (Fsp3) is 0.312. The number of carbonyl (C=O) groups excluding carboxylic acids is 1. The summed E-state index contributed by atoms with van der Waals surface area (Å²) >= 11 is 6.17. The van der Waals surface area contributed by atoms with E-state index in [1.807, 2.05) is 24.0 Å². The molecular formula is C16H16ClN5O. The van der Waals surface area contributed by atoms with E-state index in [4.69, 9.17) is 11.6 Å². The van der Waals surface area contributed by atoms with Crippen LogP contribution in [0.5, 0.6) is 0 Å². The molecule has 1 aromatic carbocycles. The van der Waals surface area contributed by atoms with E-state index in [0.29, 0.717) is 17.4 Å². The molecule has 1 amide bonds. The molecule has 2 aromatic heterocycles. The highest BCUT2D eigenvalue weighted by Crippen LogP contribution is 2.29. The summed E-state index contributed by atoms with van der Waals surface area (Å²) in [5.41, 5.74) is 5.63. The highest BCUT2D eigenvalue weighted by molar-refractivity contribution is 6.32. The highest BCUT2D eigenvalue weighted by Gasteiger charge is 2.25. The molecule has 3 heterocycles. The van der Waals surface area contributed by atoms with Gasteiger partial charge in [-0.25, -0.2) is 4.98 Å². The topological polar surface area (TPSA) is 77.7 Å². The number of amides is 1. The van der Waals surface area contributed by atoms with Gasteiger partial charge in [-0.1, -0.05) is 11.6 Å². The van der Waals surface area contributed by atoms with Crippen LogP contribution in [-0.4, -0.2) is 37.5 Å². The minimum Gasteiger partial charge on any atom is -0.338 e. The Hall–Kier alpha value is -2.34. The van der Waals surface area contributed by atoms with E-state index in [0.717, 1.165) is 46.5 Å². The molecule has 6 nitrogen and oxygen atoms in total. The number of fused-ring (bicyclic) bond motifs is 2. The molecule has 118 valence electrons. The molecule has 0 saturated carbocycles. The Labute approximate surface area is 137 Å². The van der Waals surface area contributed by atoms with Crippen molar-refractivity contribution in [1.82, 2.24) is 25.1 Å².